The van der Waals surface area contributed by atoms with Gasteiger partial charge >= 0.3 is 0 Å². The van der Waals surface area contributed by atoms with Crippen molar-refractivity contribution in [2.45, 2.75) is 12.1 Å². The van der Waals surface area contributed by atoms with Crippen molar-refractivity contribution in [2.24, 2.45) is 5.73 Å². The lowest BCUT2D eigenvalue weighted by Gasteiger charge is -2.12. The van der Waals surface area contributed by atoms with Crippen molar-refractivity contribution < 1.29 is 9.53 Å². The van der Waals surface area contributed by atoms with E-state index in [2.05, 4.69) is 11.9 Å². The van der Waals surface area contributed by atoms with E-state index in [1.165, 1.54) is 6.08 Å². The fraction of sp³-hybridized carbons (Fsp3) is 0.571. The fourth-order valence-corrected chi connectivity index (χ4v) is 0.961. The zero-order chi connectivity index (χ0) is 8.27. The normalized spacial score (nSPS) is 29.9. The SMILES string of the molecule is C=CC(=O)NC1COCC1N. The molecule has 0 spiro atoms. The van der Waals surface area contributed by atoms with Crippen LogP contribution in [0.25, 0.3) is 0 Å². The first kappa shape index (κ1) is 8.23. The third-order valence-corrected chi connectivity index (χ3v) is 1.64. The smallest absolute Gasteiger partial charge is 0.243 e. The molecule has 11 heavy (non-hydrogen) atoms. The summed E-state index contributed by atoms with van der Waals surface area (Å²) in [5.41, 5.74) is 5.61. The van der Waals surface area contributed by atoms with Crippen molar-refractivity contribution in [1.82, 2.24) is 5.32 Å². The molecule has 1 aliphatic heterocycles. The van der Waals surface area contributed by atoms with E-state index < -0.39 is 0 Å². The highest BCUT2D eigenvalue weighted by atomic mass is 16.5. The molecule has 0 bridgehead atoms. The summed E-state index contributed by atoms with van der Waals surface area (Å²) in [5.74, 6) is -0.198. The molecule has 1 rings (SSSR count). The topological polar surface area (TPSA) is 64.3 Å². The number of nitrogens with two attached hydrogens (primary N) is 1. The lowest BCUT2D eigenvalue weighted by atomic mass is 10.2. The van der Waals surface area contributed by atoms with E-state index in [9.17, 15) is 4.79 Å². The maximum absolute atomic E-state index is 10.8. The van der Waals surface area contributed by atoms with Crippen molar-refractivity contribution in [2.75, 3.05) is 13.2 Å². The standard InChI is InChI=1S/C7H12N2O2/c1-2-7(10)9-6-4-11-3-5(6)8/h2,5-6H,1,3-4,8H2,(H,9,10). The van der Waals surface area contributed by atoms with Crippen LogP contribution in [0, 0.1) is 0 Å². The summed E-state index contributed by atoms with van der Waals surface area (Å²) >= 11 is 0. The van der Waals surface area contributed by atoms with Gasteiger partial charge in [0, 0.05) is 0 Å². The minimum atomic E-state index is -0.198. The van der Waals surface area contributed by atoms with E-state index in [0.29, 0.717) is 13.2 Å². The highest BCUT2D eigenvalue weighted by molar-refractivity contribution is 5.87. The Balaban J connectivity index is 2.36. The predicted octanol–water partition coefficient (Wildman–Crippen LogP) is -0.985. The average Bonchev–Trinajstić information content (AvgIpc) is 2.37. The summed E-state index contributed by atoms with van der Waals surface area (Å²) in [7, 11) is 0. The molecule has 1 saturated heterocycles. The van der Waals surface area contributed by atoms with Crippen LogP contribution < -0.4 is 11.1 Å². The molecule has 3 N–H and O–H groups in total. The van der Waals surface area contributed by atoms with Crippen LogP contribution in [0.3, 0.4) is 0 Å². The number of rotatable bonds is 2. The van der Waals surface area contributed by atoms with Crippen LogP contribution in [0.5, 0.6) is 0 Å². The first-order valence-electron chi connectivity index (χ1n) is 3.50. The number of hydrogen-bond acceptors (Lipinski definition) is 3. The van der Waals surface area contributed by atoms with Gasteiger partial charge in [-0.3, -0.25) is 4.79 Å². The van der Waals surface area contributed by atoms with Gasteiger partial charge in [0.25, 0.3) is 0 Å². The van der Waals surface area contributed by atoms with Gasteiger partial charge in [0.2, 0.25) is 5.91 Å². The number of carbonyl (C=O) groups excluding carboxylic acids is 1. The second-order valence-corrected chi connectivity index (χ2v) is 2.52. The quantitative estimate of drug-likeness (QED) is 0.505. The van der Waals surface area contributed by atoms with Crippen LogP contribution >= 0.6 is 0 Å². The molecular weight excluding hydrogens is 144 g/mol. The zero-order valence-electron chi connectivity index (χ0n) is 6.25. The third kappa shape index (κ3) is 2.03. The Kier molecular flexibility index (Phi) is 2.62. The molecule has 2 unspecified atom stereocenters. The van der Waals surface area contributed by atoms with Crippen molar-refractivity contribution in [3.63, 3.8) is 0 Å². The third-order valence-electron chi connectivity index (χ3n) is 1.64. The monoisotopic (exact) mass is 156 g/mol. The number of amides is 1. The molecule has 0 aromatic heterocycles. The van der Waals surface area contributed by atoms with Gasteiger partial charge in [-0.2, -0.15) is 0 Å². The van der Waals surface area contributed by atoms with Crippen LogP contribution in [-0.2, 0) is 9.53 Å². The van der Waals surface area contributed by atoms with Crippen molar-refractivity contribution in [1.29, 1.82) is 0 Å². The molecule has 1 heterocycles. The maximum atomic E-state index is 10.8. The van der Waals surface area contributed by atoms with E-state index in [1.807, 2.05) is 0 Å². The molecule has 0 saturated carbocycles. The Morgan fingerprint density at radius 3 is 2.91 bits per heavy atom. The Hall–Kier alpha value is -0.870. The molecule has 0 radical (unpaired) electrons. The average molecular weight is 156 g/mol. The van der Waals surface area contributed by atoms with Gasteiger partial charge in [0.1, 0.15) is 0 Å². The highest BCUT2D eigenvalue weighted by Crippen LogP contribution is 2.01. The fourth-order valence-electron chi connectivity index (χ4n) is 0.961. The molecule has 4 heteroatoms. The van der Waals surface area contributed by atoms with Crippen molar-refractivity contribution >= 4 is 5.91 Å². The molecule has 0 aromatic carbocycles. The van der Waals surface area contributed by atoms with Gasteiger partial charge in [-0.1, -0.05) is 6.58 Å². The number of nitrogens with one attached hydrogen (secondary N) is 1. The second kappa shape index (κ2) is 3.50. The minimum Gasteiger partial charge on any atom is -0.378 e. The number of carbonyl (C=O) groups is 1. The Morgan fingerprint density at radius 2 is 2.45 bits per heavy atom. The van der Waals surface area contributed by atoms with E-state index in [0.717, 1.165) is 0 Å². The summed E-state index contributed by atoms with van der Waals surface area (Å²) in [6, 6.07) is -0.139. The van der Waals surface area contributed by atoms with Gasteiger partial charge in [-0.15, -0.1) is 0 Å². The summed E-state index contributed by atoms with van der Waals surface area (Å²) in [6.45, 7) is 4.35. The summed E-state index contributed by atoms with van der Waals surface area (Å²) in [5, 5.41) is 2.67. The summed E-state index contributed by atoms with van der Waals surface area (Å²) in [6.07, 6.45) is 1.23. The Morgan fingerprint density at radius 1 is 1.73 bits per heavy atom. The van der Waals surface area contributed by atoms with Crippen LogP contribution in [-0.4, -0.2) is 31.2 Å². The second-order valence-electron chi connectivity index (χ2n) is 2.52. The number of ether oxygens (including phenoxy) is 1. The lowest BCUT2D eigenvalue weighted by Crippen LogP contribution is -2.46. The predicted molar refractivity (Wildman–Crippen MR) is 40.9 cm³/mol. The van der Waals surface area contributed by atoms with Gasteiger partial charge in [-0.25, -0.2) is 0 Å². The Bertz CT molecular complexity index is 170. The van der Waals surface area contributed by atoms with Crippen LogP contribution in [0.2, 0.25) is 0 Å². The molecule has 1 amide bonds. The molecule has 4 nitrogen and oxygen atoms in total. The summed E-state index contributed by atoms with van der Waals surface area (Å²) in [4.78, 5) is 10.8. The van der Waals surface area contributed by atoms with Crippen molar-refractivity contribution in [3.8, 4) is 0 Å². The van der Waals surface area contributed by atoms with Gasteiger partial charge in [-0.05, 0) is 6.08 Å². The first-order chi connectivity index (χ1) is 5.24. The lowest BCUT2D eigenvalue weighted by molar-refractivity contribution is -0.117. The summed E-state index contributed by atoms with van der Waals surface area (Å²) < 4.78 is 5.04. The molecular formula is C7H12N2O2. The van der Waals surface area contributed by atoms with Gasteiger partial charge in [0.05, 0.1) is 25.3 Å². The molecule has 1 fully saturated rings. The first-order valence-corrected chi connectivity index (χ1v) is 3.50. The molecule has 2 atom stereocenters. The zero-order valence-corrected chi connectivity index (χ0v) is 6.25. The van der Waals surface area contributed by atoms with Crippen LogP contribution in [0.1, 0.15) is 0 Å². The largest absolute Gasteiger partial charge is 0.378 e. The molecule has 1 aliphatic rings. The van der Waals surface area contributed by atoms with Crippen LogP contribution in [0.15, 0.2) is 12.7 Å². The van der Waals surface area contributed by atoms with E-state index in [1.54, 1.807) is 0 Å². The molecule has 62 valence electrons. The van der Waals surface area contributed by atoms with E-state index in [-0.39, 0.29) is 18.0 Å². The minimum absolute atomic E-state index is 0.0551. The molecule has 0 aliphatic carbocycles. The van der Waals surface area contributed by atoms with E-state index in [4.69, 9.17) is 10.5 Å². The highest BCUT2D eigenvalue weighted by Gasteiger charge is 2.25. The Labute approximate surface area is 65.4 Å². The van der Waals surface area contributed by atoms with Crippen LogP contribution in [0.4, 0.5) is 0 Å². The van der Waals surface area contributed by atoms with Crippen molar-refractivity contribution in [3.05, 3.63) is 12.7 Å². The molecule has 0 aromatic rings. The number of hydrogen-bond donors (Lipinski definition) is 2. The van der Waals surface area contributed by atoms with Gasteiger partial charge in [0.15, 0.2) is 0 Å². The maximum Gasteiger partial charge on any atom is 0.243 e. The van der Waals surface area contributed by atoms with Gasteiger partial charge < -0.3 is 15.8 Å². The van der Waals surface area contributed by atoms with E-state index >= 15 is 0 Å².